The predicted octanol–water partition coefficient (Wildman–Crippen LogP) is 2.84. The highest BCUT2D eigenvalue weighted by Gasteiger charge is 2.04. The summed E-state index contributed by atoms with van der Waals surface area (Å²) in [5.74, 6) is 1.27. The maximum atomic E-state index is 12.9. The molecule has 0 saturated heterocycles. The first kappa shape index (κ1) is 18.6. The lowest BCUT2D eigenvalue weighted by Crippen LogP contribution is -2.38. The SMILES string of the molecule is CCNC(=NCc1ccc(F)cc1)NCCc1ccc(OC)cc1O. The molecule has 0 spiro atoms. The molecule has 25 heavy (non-hydrogen) atoms. The summed E-state index contributed by atoms with van der Waals surface area (Å²) >= 11 is 0. The molecule has 0 radical (unpaired) electrons. The van der Waals surface area contributed by atoms with E-state index < -0.39 is 0 Å². The molecule has 2 aromatic rings. The molecule has 0 atom stereocenters. The van der Waals surface area contributed by atoms with Gasteiger partial charge in [-0.1, -0.05) is 18.2 Å². The van der Waals surface area contributed by atoms with Crippen molar-refractivity contribution in [1.82, 2.24) is 10.6 Å². The number of aromatic hydroxyl groups is 1. The van der Waals surface area contributed by atoms with Gasteiger partial charge >= 0.3 is 0 Å². The number of rotatable bonds is 7. The smallest absolute Gasteiger partial charge is 0.191 e. The van der Waals surface area contributed by atoms with Crippen LogP contribution in [0, 0.1) is 5.82 Å². The Bertz CT molecular complexity index is 702. The van der Waals surface area contributed by atoms with Crippen molar-refractivity contribution in [3.8, 4) is 11.5 Å². The van der Waals surface area contributed by atoms with Gasteiger partial charge in [-0.3, -0.25) is 0 Å². The summed E-state index contributed by atoms with van der Waals surface area (Å²) in [6.45, 7) is 3.81. The number of methoxy groups -OCH3 is 1. The quantitative estimate of drug-likeness (QED) is 0.533. The molecule has 2 rings (SSSR count). The summed E-state index contributed by atoms with van der Waals surface area (Å²) in [4.78, 5) is 4.48. The third-order valence-electron chi connectivity index (χ3n) is 3.66. The van der Waals surface area contributed by atoms with Gasteiger partial charge in [-0.2, -0.15) is 0 Å². The minimum absolute atomic E-state index is 0.217. The third-order valence-corrected chi connectivity index (χ3v) is 3.66. The van der Waals surface area contributed by atoms with E-state index in [4.69, 9.17) is 4.74 Å². The van der Waals surface area contributed by atoms with Crippen molar-refractivity contribution >= 4 is 5.96 Å². The summed E-state index contributed by atoms with van der Waals surface area (Å²) in [6.07, 6.45) is 0.650. The fourth-order valence-corrected chi connectivity index (χ4v) is 2.30. The molecule has 0 unspecified atom stereocenters. The third kappa shape index (κ3) is 5.99. The number of benzene rings is 2. The number of hydrogen-bond acceptors (Lipinski definition) is 3. The monoisotopic (exact) mass is 345 g/mol. The topological polar surface area (TPSA) is 65.9 Å². The van der Waals surface area contributed by atoms with Crippen molar-refractivity contribution < 1.29 is 14.2 Å². The molecule has 0 fully saturated rings. The van der Waals surface area contributed by atoms with Crippen LogP contribution in [0.4, 0.5) is 4.39 Å². The standard InChI is InChI=1S/C19H24FN3O2/c1-3-21-19(23-13-14-4-7-16(20)8-5-14)22-11-10-15-6-9-17(25-2)12-18(15)24/h4-9,12,24H,3,10-11,13H2,1-2H3,(H2,21,22,23). The molecule has 0 aliphatic rings. The van der Waals surface area contributed by atoms with Crippen LogP contribution in [-0.2, 0) is 13.0 Å². The number of phenols is 1. The zero-order valence-electron chi connectivity index (χ0n) is 14.6. The number of hydrogen-bond donors (Lipinski definition) is 3. The summed E-state index contributed by atoms with van der Waals surface area (Å²) in [6, 6.07) is 11.6. The van der Waals surface area contributed by atoms with Crippen LogP contribution in [0.5, 0.6) is 11.5 Å². The Labute approximate surface area is 147 Å². The Kier molecular flexibility index (Phi) is 7.07. The van der Waals surface area contributed by atoms with E-state index in [1.165, 1.54) is 12.1 Å². The lowest BCUT2D eigenvalue weighted by Gasteiger charge is -2.12. The molecular formula is C19H24FN3O2. The van der Waals surface area contributed by atoms with Crippen molar-refractivity contribution in [2.45, 2.75) is 19.9 Å². The zero-order valence-corrected chi connectivity index (χ0v) is 14.6. The Balaban J connectivity index is 1.90. The second-order valence-corrected chi connectivity index (χ2v) is 5.49. The number of guanidine groups is 1. The van der Waals surface area contributed by atoms with Gasteiger partial charge in [0.2, 0.25) is 0 Å². The average Bonchev–Trinajstić information content (AvgIpc) is 2.62. The van der Waals surface area contributed by atoms with Crippen LogP contribution < -0.4 is 15.4 Å². The average molecular weight is 345 g/mol. The van der Waals surface area contributed by atoms with Gasteiger partial charge in [-0.05, 0) is 42.7 Å². The first-order valence-corrected chi connectivity index (χ1v) is 8.25. The van der Waals surface area contributed by atoms with E-state index in [-0.39, 0.29) is 11.6 Å². The van der Waals surface area contributed by atoms with Gasteiger partial charge < -0.3 is 20.5 Å². The van der Waals surface area contributed by atoms with Crippen LogP contribution in [0.1, 0.15) is 18.1 Å². The van der Waals surface area contributed by atoms with Crippen molar-refractivity contribution in [3.63, 3.8) is 0 Å². The molecule has 5 nitrogen and oxygen atoms in total. The lowest BCUT2D eigenvalue weighted by atomic mass is 10.1. The molecule has 134 valence electrons. The van der Waals surface area contributed by atoms with Gasteiger partial charge in [0.05, 0.1) is 13.7 Å². The normalized spacial score (nSPS) is 11.2. The van der Waals surface area contributed by atoms with E-state index in [9.17, 15) is 9.50 Å². The van der Waals surface area contributed by atoms with Gasteiger partial charge in [-0.25, -0.2) is 9.38 Å². The molecule has 2 aromatic carbocycles. The van der Waals surface area contributed by atoms with Gasteiger partial charge in [0.1, 0.15) is 17.3 Å². The molecule has 0 aliphatic heterocycles. The predicted molar refractivity (Wildman–Crippen MR) is 97.6 cm³/mol. The van der Waals surface area contributed by atoms with Crippen LogP contribution in [0.3, 0.4) is 0 Å². The van der Waals surface area contributed by atoms with E-state index in [1.807, 2.05) is 19.1 Å². The summed E-state index contributed by atoms with van der Waals surface area (Å²) in [7, 11) is 1.57. The van der Waals surface area contributed by atoms with Crippen molar-refractivity contribution in [1.29, 1.82) is 0 Å². The maximum Gasteiger partial charge on any atom is 0.191 e. The highest BCUT2D eigenvalue weighted by molar-refractivity contribution is 5.79. The number of nitrogens with zero attached hydrogens (tertiary/aromatic N) is 1. The molecule has 0 heterocycles. The minimum atomic E-state index is -0.253. The fourth-order valence-electron chi connectivity index (χ4n) is 2.30. The number of ether oxygens (including phenoxy) is 1. The van der Waals surface area contributed by atoms with Crippen LogP contribution in [0.25, 0.3) is 0 Å². The molecule has 0 aromatic heterocycles. The lowest BCUT2D eigenvalue weighted by molar-refractivity contribution is 0.406. The van der Waals surface area contributed by atoms with E-state index in [0.717, 1.165) is 17.7 Å². The number of nitrogens with one attached hydrogen (secondary N) is 2. The van der Waals surface area contributed by atoms with Gasteiger partial charge in [0.15, 0.2) is 5.96 Å². The second kappa shape index (κ2) is 9.52. The van der Waals surface area contributed by atoms with E-state index in [1.54, 1.807) is 25.3 Å². The van der Waals surface area contributed by atoms with E-state index >= 15 is 0 Å². The highest BCUT2D eigenvalue weighted by Crippen LogP contribution is 2.23. The molecule has 0 bridgehead atoms. The van der Waals surface area contributed by atoms with Crippen molar-refractivity contribution in [2.75, 3.05) is 20.2 Å². The van der Waals surface area contributed by atoms with Gasteiger partial charge in [-0.15, -0.1) is 0 Å². The molecule has 3 N–H and O–H groups in total. The Hall–Kier alpha value is -2.76. The number of halogens is 1. The zero-order chi connectivity index (χ0) is 18.1. The summed E-state index contributed by atoms with van der Waals surface area (Å²) in [5.41, 5.74) is 1.77. The Morgan fingerprint density at radius 2 is 1.92 bits per heavy atom. The fraction of sp³-hybridized carbons (Fsp3) is 0.316. The highest BCUT2D eigenvalue weighted by atomic mass is 19.1. The molecule has 0 saturated carbocycles. The van der Waals surface area contributed by atoms with Crippen LogP contribution in [0.15, 0.2) is 47.5 Å². The number of phenolic OH excluding ortho intramolecular Hbond substituents is 1. The largest absolute Gasteiger partial charge is 0.508 e. The molecule has 6 heteroatoms. The summed E-state index contributed by atoms with van der Waals surface area (Å²) < 4.78 is 18.0. The Morgan fingerprint density at radius 1 is 1.16 bits per heavy atom. The van der Waals surface area contributed by atoms with Gasteiger partial charge in [0.25, 0.3) is 0 Å². The van der Waals surface area contributed by atoms with Crippen LogP contribution >= 0.6 is 0 Å². The first-order chi connectivity index (χ1) is 12.1. The second-order valence-electron chi connectivity index (χ2n) is 5.49. The summed E-state index contributed by atoms with van der Waals surface area (Å²) in [5, 5.41) is 16.4. The first-order valence-electron chi connectivity index (χ1n) is 8.25. The minimum Gasteiger partial charge on any atom is -0.508 e. The van der Waals surface area contributed by atoms with E-state index in [0.29, 0.717) is 31.2 Å². The van der Waals surface area contributed by atoms with Gasteiger partial charge in [0, 0.05) is 19.2 Å². The Morgan fingerprint density at radius 3 is 2.56 bits per heavy atom. The van der Waals surface area contributed by atoms with Crippen molar-refractivity contribution in [3.05, 3.63) is 59.4 Å². The molecule has 0 amide bonds. The van der Waals surface area contributed by atoms with Crippen LogP contribution in [0.2, 0.25) is 0 Å². The van der Waals surface area contributed by atoms with Crippen molar-refractivity contribution in [2.24, 2.45) is 4.99 Å². The van der Waals surface area contributed by atoms with Crippen LogP contribution in [-0.4, -0.2) is 31.3 Å². The maximum absolute atomic E-state index is 12.9. The molecular weight excluding hydrogens is 321 g/mol. The van der Waals surface area contributed by atoms with E-state index in [2.05, 4.69) is 15.6 Å². The number of aliphatic imine (C=N–C) groups is 1. The molecule has 0 aliphatic carbocycles.